The molecular formula is C14H28N2. The van der Waals surface area contributed by atoms with Crippen LogP contribution in [0.25, 0.3) is 0 Å². The Morgan fingerprint density at radius 1 is 1.00 bits per heavy atom. The van der Waals surface area contributed by atoms with E-state index in [1.54, 1.807) is 0 Å². The molecule has 2 unspecified atom stereocenters. The number of rotatable bonds is 1. The highest BCUT2D eigenvalue weighted by molar-refractivity contribution is 4.89. The Kier molecular flexibility index (Phi) is 3.60. The van der Waals surface area contributed by atoms with Crippen molar-refractivity contribution in [2.24, 2.45) is 5.41 Å². The van der Waals surface area contributed by atoms with E-state index in [4.69, 9.17) is 0 Å². The van der Waals surface area contributed by atoms with E-state index in [0.29, 0.717) is 17.5 Å². The molecule has 1 N–H and O–H groups in total. The molecule has 1 saturated heterocycles. The zero-order chi connectivity index (χ0) is 11.8. The Hall–Kier alpha value is -0.0800. The summed E-state index contributed by atoms with van der Waals surface area (Å²) < 4.78 is 0. The van der Waals surface area contributed by atoms with Crippen LogP contribution in [0.1, 0.15) is 53.4 Å². The molecule has 2 atom stereocenters. The fourth-order valence-corrected chi connectivity index (χ4v) is 3.42. The second kappa shape index (κ2) is 4.66. The standard InChI is InChI=1S/C14H28N2/c1-11-9-16(10-12(2)15-11)13-5-7-14(3,4)8-6-13/h11-13,15H,5-10H2,1-4H3. The van der Waals surface area contributed by atoms with Crippen molar-refractivity contribution in [2.45, 2.75) is 71.5 Å². The summed E-state index contributed by atoms with van der Waals surface area (Å²) in [6.07, 6.45) is 5.63. The van der Waals surface area contributed by atoms with Crippen LogP contribution in [0.15, 0.2) is 0 Å². The van der Waals surface area contributed by atoms with E-state index in [1.165, 1.54) is 38.8 Å². The molecule has 1 aliphatic heterocycles. The van der Waals surface area contributed by atoms with Gasteiger partial charge in [0.1, 0.15) is 0 Å². The van der Waals surface area contributed by atoms with Crippen LogP contribution in [-0.2, 0) is 0 Å². The van der Waals surface area contributed by atoms with Gasteiger partial charge in [0.2, 0.25) is 0 Å². The normalized spacial score (nSPS) is 37.5. The molecule has 1 saturated carbocycles. The van der Waals surface area contributed by atoms with Crippen LogP contribution in [0.2, 0.25) is 0 Å². The number of piperazine rings is 1. The molecule has 2 fully saturated rings. The second-order valence-electron chi connectivity index (χ2n) is 6.82. The van der Waals surface area contributed by atoms with Crippen LogP contribution in [0.5, 0.6) is 0 Å². The number of hydrogen-bond acceptors (Lipinski definition) is 2. The Morgan fingerprint density at radius 3 is 2.00 bits per heavy atom. The van der Waals surface area contributed by atoms with Gasteiger partial charge in [0.05, 0.1) is 0 Å². The van der Waals surface area contributed by atoms with E-state index >= 15 is 0 Å². The SMILES string of the molecule is CC1CN(C2CCC(C)(C)CC2)CC(C)N1. The van der Waals surface area contributed by atoms with Gasteiger partial charge in [-0.25, -0.2) is 0 Å². The van der Waals surface area contributed by atoms with Gasteiger partial charge < -0.3 is 5.32 Å². The number of nitrogens with zero attached hydrogens (tertiary/aromatic N) is 1. The molecule has 0 aromatic rings. The molecule has 2 nitrogen and oxygen atoms in total. The van der Waals surface area contributed by atoms with Gasteiger partial charge in [0.15, 0.2) is 0 Å². The molecule has 0 radical (unpaired) electrons. The van der Waals surface area contributed by atoms with Crippen LogP contribution in [0.4, 0.5) is 0 Å². The molecule has 0 spiro atoms. The molecule has 2 aliphatic rings. The third-order valence-electron chi connectivity index (χ3n) is 4.41. The lowest BCUT2D eigenvalue weighted by atomic mass is 9.75. The molecule has 0 aromatic carbocycles. The maximum absolute atomic E-state index is 3.62. The van der Waals surface area contributed by atoms with Crippen molar-refractivity contribution in [1.82, 2.24) is 10.2 Å². The first-order valence-electron chi connectivity index (χ1n) is 6.96. The van der Waals surface area contributed by atoms with E-state index in [9.17, 15) is 0 Å². The van der Waals surface area contributed by atoms with Gasteiger partial charge in [-0.1, -0.05) is 13.8 Å². The average Bonchev–Trinajstić information content (AvgIpc) is 2.15. The fourth-order valence-electron chi connectivity index (χ4n) is 3.42. The smallest absolute Gasteiger partial charge is 0.0169 e. The highest BCUT2D eigenvalue weighted by Gasteiger charge is 2.32. The van der Waals surface area contributed by atoms with Crippen LogP contribution >= 0.6 is 0 Å². The van der Waals surface area contributed by atoms with Crippen LogP contribution in [-0.4, -0.2) is 36.1 Å². The highest BCUT2D eigenvalue weighted by Crippen LogP contribution is 2.37. The minimum atomic E-state index is 0.599. The quantitative estimate of drug-likeness (QED) is 0.736. The van der Waals surface area contributed by atoms with Gasteiger partial charge >= 0.3 is 0 Å². The molecule has 0 amide bonds. The second-order valence-corrected chi connectivity index (χ2v) is 6.82. The molecule has 0 bridgehead atoms. The van der Waals surface area contributed by atoms with Crippen LogP contribution < -0.4 is 5.32 Å². The van der Waals surface area contributed by atoms with Crippen LogP contribution in [0, 0.1) is 5.41 Å². The molecule has 1 heterocycles. The van der Waals surface area contributed by atoms with Gasteiger partial charge in [-0.15, -0.1) is 0 Å². The predicted octanol–water partition coefficient (Wildman–Crippen LogP) is 2.64. The maximum Gasteiger partial charge on any atom is 0.0169 e. The van der Waals surface area contributed by atoms with Crippen molar-refractivity contribution in [2.75, 3.05) is 13.1 Å². The molecule has 0 aromatic heterocycles. The van der Waals surface area contributed by atoms with Gasteiger partial charge in [0, 0.05) is 31.2 Å². The van der Waals surface area contributed by atoms with E-state index in [0.717, 1.165) is 6.04 Å². The van der Waals surface area contributed by atoms with Gasteiger partial charge in [-0.2, -0.15) is 0 Å². The highest BCUT2D eigenvalue weighted by atomic mass is 15.2. The number of nitrogens with one attached hydrogen (secondary N) is 1. The Bertz CT molecular complexity index is 217. The summed E-state index contributed by atoms with van der Waals surface area (Å²) >= 11 is 0. The lowest BCUT2D eigenvalue weighted by Crippen LogP contribution is -2.57. The average molecular weight is 224 g/mol. The molecule has 2 heteroatoms. The Labute approximate surface area is 101 Å². The minimum absolute atomic E-state index is 0.599. The predicted molar refractivity (Wildman–Crippen MR) is 69.7 cm³/mol. The monoisotopic (exact) mass is 224 g/mol. The fraction of sp³-hybridized carbons (Fsp3) is 1.00. The van der Waals surface area contributed by atoms with E-state index < -0.39 is 0 Å². The molecular weight excluding hydrogens is 196 g/mol. The van der Waals surface area contributed by atoms with Crippen molar-refractivity contribution >= 4 is 0 Å². The summed E-state index contributed by atoms with van der Waals surface area (Å²) in [7, 11) is 0. The summed E-state index contributed by atoms with van der Waals surface area (Å²) in [4.78, 5) is 2.74. The first-order valence-corrected chi connectivity index (χ1v) is 6.96. The van der Waals surface area contributed by atoms with Gasteiger partial charge in [-0.3, -0.25) is 4.90 Å². The first-order chi connectivity index (χ1) is 7.46. The van der Waals surface area contributed by atoms with E-state index in [-0.39, 0.29) is 0 Å². The Balaban J connectivity index is 1.88. The Morgan fingerprint density at radius 2 is 1.50 bits per heavy atom. The third-order valence-corrected chi connectivity index (χ3v) is 4.41. The summed E-state index contributed by atoms with van der Waals surface area (Å²) in [5.41, 5.74) is 0.599. The molecule has 16 heavy (non-hydrogen) atoms. The van der Waals surface area contributed by atoms with Gasteiger partial charge in [0.25, 0.3) is 0 Å². The van der Waals surface area contributed by atoms with E-state index in [2.05, 4.69) is 37.9 Å². The zero-order valence-corrected chi connectivity index (χ0v) is 11.4. The van der Waals surface area contributed by atoms with Crippen molar-refractivity contribution in [3.05, 3.63) is 0 Å². The topological polar surface area (TPSA) is 15.3 Å². The van der Waals surface area contributed by atoms with Crippen molar-refractivity contribution < 1.29 is 0 Å². The summed E-state index contributed by atoms with van der Waals surface area (Å²) in [6, 6.07) is 2.19. The minimum Gasteiger partial charge on any atom is -0.309 e. The van der Waals surface area contributed by atoms with Crippen molar-refractivity contribution in [3.8, 4) is 0 Å². The molecule has 94 valence electrons. The lowest BCUT2D eigenvalue weighted by Gasteiger charge is -2.45. The molecule has 2 rings (SSSR count). The number of hydrogen-bond donors (Lipinski definition) is 1. The molecule has 1 aliphatic carbocycles. The summed E-state index contributed by atoms with van der Waals surface area (Å²) in [6.45, 7) is 12.0. The van der Waals surface area contributed by atoms with Crippen molar-refractivity contribution in [3.63, 3.8) is 0 Å². The van der Waals surface area contributed by atoms with Crippen LogP contribution in [0.3, 0.4) is 0 Å². The third kappa shape index (κ3) is 2.98. The zero-order valence-electron chi connectivity index (χ0n) is 11.4. The largest absolute Gasteiger partial charge is 0.309 e. The van der Waals surface area contributed by atoms with Crippen molar-refractivity contribution in [1.29, 1.82) is 0 Å². The summed E-state index contributed by atoms with van der Waals surface area (Å²) in [5.74, 6) is 0. The van der Waals surface area contributed by atoms with E-state index in [1.807, 2.05) is 0 Å². The first kappa shape index (κ1) is 12.4. The lowest BCUT2D eigenvalue weighted by molar-refractivity contribution is 0.0700. The maximum atomic E-state index is 3.62. The van der Waals surface area contributed by atoms with Gasteiger partial charge in [-0.05, 0) is 44.9 Å². The summed E-state index contributed by atoms with van der Waals surface area (Å²) in [5, 5.41) is 3.62.